The van der Waals surface area contributed by atoms with Crippen molar-refractivity contribution in [3.63, 3.8) is 0 Å². The van der Waals surface area contributed by atoms with Gasteiger partial charge in [0.05, 0.1) is 23.0 Å². The summed E-state index contributed by atoms with van der Waals surface area (Å²) in [7, 11) is 0. The molecule has 0 saturated carbocycles. The molecule has 1 aliphatic rings. The van der Waals surface area contributed by atoms with Gasteiger partial charge in [0.15, 0.2) is 0 Å². The number of hydrogen-bond donors (Lipinski definition) is 0. The fourth-order valence-electron chi connectivity index (χ4n) is 2.61. The number of amides is 1. The van der Waals surface area contributed by atoms with Crippen LogP contribution < -0.4 is 0 Å². The lowest BCUT2D eigenvalue weighted by atomic mass is 10.2. The first-order valence-electron chi connectivity index (χ1n) is 7.16. The predicted octanol–water partition coefficient (Wildman–Crippen LogP) is 2.55. The SMILES string of the molecule is Cc1nn(C2CCN(C(=O)OC(C)(C)C)C2)c(C)c1C#N. The van der Waals surface area contributed by atoms with Crippen LogP contribution in [0, 0.1) is 25.2 Å². The minimum Gasteiger partial charge on any atom is -0.444 e. The summed E-state index contributed by atoms with van der Waals surface area (Å²) in [4.78, 5) is 13.8. The monoisotopic (exact) mass is 290 g/mol. The summed E-state index contributed by atoms with van der Waals surface area (Å²) in [5.74, 6) is 0. The third kappa shape index (κ3) is 3.18. The Kier molecular flexibility index (Phi) is 3.95. The Morgan fingerprint density at radius 2 is 2.10 bits per heavy atom. The Balaban J connectivity index is 2.10. The van der Waals surface area contributed by atoms with E-state index < -0.39 is 5.60 Å². The van der Waals surface area contributed by atoms with Gasteiger partial charge >= 0.3 is 6.09 Å². The summed E-state index contributed by atoms with van der Waals surface area (Å²) in [6.07, 6.45) is 0.540. The molecular weight excluding hydrogens is 268 g/mol. The van der Waals surface area contributed by atoms with Gasteiger partial charge in [-0.2, -0.15) is 10.4 Å². The van der Waals surface area contributed by atoms with Crippen LogP contribution in [0.5, 0.6) is 0 Å². The summed E-state index contributed by atoms with van der Waals surface area (Å²) >= 11 is 0. The molecule has 0 aromatic carbocycles. The van der Waals surface area contributed by atoms with Crippen LogP contribution in [0.2, 0.25) is 0 Å². The molecule has 1 aliphatic heterocycles. The molecular formula is C15H22N4O2. The molecule has 1 saturated heterocycles. The van der Waals surface area contributed by atoms with Crippen molar-refractivity contribution in [3.8, 4) is 6.07 Å². The molecule has 0 N–H and O–H groups in total. The molecule has 1 unspecified atom stereocenters. The van der Waals surface area contributed by atoms with E-state index in [1.54, 1.807) is 4.90 Å². The fourth-order valence-corrected chi connectivity index (χ4v) is 2.61. The number of hydrogen-bond acceptors (Lipinski definition) is 4. The van der Waals surface area contributed by atoms with E-state index in [1.807, 2.05) is 39.3 Å². The maximum absolute atomic E-state index is 12.1. The smallest absolute Gasteiger partial charge is 0.410 e. The van der Waals surface area contributed by atoms with Crippen LogP contribution >= 0.6 is 0 Å². The molecule has 1 amide bonds. The minimum atomic E-state index is -0.485. The van der Waals surface area contributed by atoms with Crippen LogP contribution in [0.15, 0.2) is 0 Å². The first kappa shape index (κ1) is 15.4. The van der Waals surface area contributed by atoms with Crippen LogP contribution in [0.25, 0.3) is 0 Å². The Hall–Kier alpha value is -2.03. The average molecular weight is 290 g/mol. The van der Waals surface area contributed by atoms with Crippen molar-refractivity contribution in [3.05, 3.63) is 17.0 Å². The van der Waals surface area contributed by atoms with E-state index in [0.29, 0.717) is 18.7 Å². The van der Waals surface area contributed by atoms with Crippen molar-refractivity contribution < 1.29 is 9.53 Å². The van der Waals surface area contributed by atoms with Gasteiger partial charge in [-0.3, -0.25) is 4.68 Å². The van der Waals surface area contributed by atoms with Gasteiger partial charge in [0.2, 0.25) is 0 Å². The lowest BCUT2D eigenvalue weighted by molar-refractivity contribution is 0.0288. The summed E-state index contributed by atoms with van der Waals surface area (Å²) in [6.45, 7) is 10.5. The van der Waals surface area contributed by atoms with Gasteiger partial charge in [-0.25, -0.2) is 4.79 Å². The average Bonchev–Trinajstić information content (AvgIpc) is 2.92. The quantitative estimate of drug-likeness (QED) is 0.797. The highest BCUT2D eigenvalue weighted by molar-refractivity contribution is 5.68. The van der Waals surface area contributed by atoms with Crippen molar-refractivity contribution in [1.82, 2.24) is 14.7 Å². The van der Waals surface area contributed by atoms with Gasteiger partial charge in [-0.1, -0.05) is 0 Å². The standard InChI is InChI=1S/C15H22N4O2/c1-10-13(8-16)11(2)19(17-10)12-6-7-18(9-12)14(20)21-15(3,4)5/h12H,6-7,9H2,1-5H3. The molecule has 0 radical (unpaired) electrons. The van der Waals surface area contributed by atoms with Crippen molar-refractivity contribution in [2.45, 2.75) is 52.7 Å². The van der Waals surface area contributed by atoms with E-state index in [9.17, 15) is 4.79 Å². The Morgan fingerprint density at radius 3 is 2.62 bits per heavy atom. The molecule has 1 fully saturated rings. The summed E-state index contributed by atoms with van der Waals surface area (Å²) in [5.41, 5.74) is 1.75. The fraction of sp³-hybridized carbons (Fsp3) is 0.667. The molecule has 2 heterocycles. The highest BCUT2D eigenvalue weighted by Crippen LogP contribution is 2.26. The van der Waals surface area contributed by atoms with Crippen LogP contribution in [0.4, 0.5) is 4.79 Å². The number of nitriles is 1. The third-order valence-electron chi connectivity index (χ3n) is 3.60. The van der Waals surface area contributed by atoms with E-state index in [-0.39, 0.29) is 12.1 Å². The highest BCUT2D eigenvalue weighted by Gasteiger charge is 2.32. The molecule has 0 spiro atoms. The molecule has 1 aromatic heterocycles. The number of carbonyl (C=O) groups is 1. The number of ether oxygens (including phenoxy) is 1. The van der Waals surface area contributed by atoms with Crippen LogP contribution in [0.1, 0.15) is 50.2 Å². The number of carbonyl (C=O) groups excluding carboxylic acids is 1. The Labute approximate surface area is 125 Å². The zero-order valence-electron chi connectivity index (χ0n) is 13.3. The second-order valence-corrected chi connectivity index (χ2v) is 6.47. The first-order valence-corrected chi connectivity index (χ1v) is 7.16. The molecule has 6 nitrogen and oxygen atoms in total. The van der Waals surface area contributed by atoms with Crippen molar-refractivity contribution in [2.24, 2.45) is 0 Å². The zero-order valence-corrected chi connectivity index (χ0v) is 13.3. The summed E-state index contributed by atoms with van der Waals surface area (Å²) in [6, 6.07) is 2.29. The topological polar surface area (TPSA) is 71.2 Å². The van der Waals surface area contributed by atoms with E-state index in [4.69, 9.17) is 10.00 Å². The molecule has 6 heteroatoms. The van der Waals surface area contributed by atoms with Gasteiger partial charge in [0.25, 0.3) is 0 Å². The molecule has 1 aromatic rings. The molecule has 0 bridgehead atoms. The molecule has 114 valence electrons. The van der Waals surface area contributed by atoms with E-state index in [0.717, 1.165) is 17.8 Å². The van der Waals surface area contributed by atoms with Crippen LogP contribution in [0.3, 0.4) is 0 Å². The van der Waals surface area contributed by atoms with Crippen molar-refractivity contribution in [2.75, 3.05) is 13.1 Å². The number of aromatic nitrogens is 2. The van der Waals surface area contributed by atoms with Gasteiger partial charge in [0.1, 0.15) is 11.7 Å². The lowest BCUT2D eigenvalue weighted by Crippen LogP contribution is -2.35. The largest absolute Gasteiger partial charge is 0.444 e. The van der Waals surface area contributed by atoms with Gasteiger partial charge < -0.3 is 9.64 Å². The number of rotatable bonds is 1. The van der Waals surface area contributed by atoms with Gasteiger partial charge in [-0.05, 0) is 41.0 Å². The molecule has 1 atom stereocenters. The number of likely N-dealkylation sites (tertiary alicyclic amines) is 1. The normalized spacial score (nSPS) is 18.7. The Morgan fingerprint density at radius 1 is 1.43 bits per heavy atom. The Bertz CT molecular complexity index is 592. The van der Waals surface area contributed by atoms with Gasteiger partial charge in [-0.15, -0.1) is 0 Å². The van der Waals surface area contributed by atoms with Crippen molar-refractivity contribution in [1.29, 1.82) is 5.26 Å². The third-order valence-corrected chi connectivity index (χ3v) is 3.60. The second kappa shape index (κ2) is 5.40. The van der Waals surface area contributed by atoms with Crippen LogP contribution in [-0.2, 0) is 4.74 Å². The lowest BCUT2D eigenvalue weighted by Gasteiger charge is -2.24. The van der Waals surface area contributed by atoms with Crippen molar-refractivity contribution >= 4 is 6.09 Å². The number of aryl methyl sites for hydroxylation is 1. The van der Waals surface area contributed by atoms with E-state index in [2.05, 4.69) is 11.2 Å². The molecule has 2 rings (SSSR count). The number of nitrogens with zero attached hydrogens (tertiary/aromatic N) is 4. The van der Waals surface area contributed by atoms with Crippen LogP contribution in [-0.4, -0.2) is 39.5 Å². The maximum atomic E-state index is 12.1. The maximum Gasteiger partial charge on any atom is 0.410 e. The second-order valence-electron chi connectivity index (χ2n) is 6.47. The molecule has 21 heavy (non-hydrogen) atoms. The van der Waals surface area contributed by atoms with E-state index >= 15 is 0 Å². The molecule has 0 aliphatic carbocycles. The zero-order chi connectivity index (χ0) is 15.8. The minimum absolute atomic E-state index is 0.110. The highest BCUT2D eigenvalue weighted by atomic mass is 16.6. The summed E-state index contributed by atoms with van der Waals surface area (Å²) in [5, 5.41) is 13.6. The van der Waals surface area contributed by atoms with E-state index in [1.165, 1.54) is 0 Å². The first-order chi connectivity index (χ1) is 9.73. The predicted molar refractivity (Wildman–Crippen MR) is 77.9 cm³/mol. The van der Waals surface area contributed by atoms with Gasteiger partial charge in [0, 0.05) is 13.1 Å². The summed E-state index contributed by atoms with van der Waals surface area (Å²) < 4.78 is 7.26.